The summed E-state index contributed by atoms with van der Waals surface area (Å²) in [5.41, 5.74) is 2.37. The first-order valence-corrected chi connectivity index (χ1v) is 11.5. The second kappa shape index (κ2) is 11.5. The lowest BCUT2D eigenvalue weighted by molar-refractivity contribution is -0.132. The van der Waals surface area contributed by atoms with Gasteiger partial charge in [-0.1, -0.05) is 12.1 Å². The predicted molar refractivity (Wildman–Crippen MR) is 127 cm³/mol. The van der Waals surface area contributed by atoms with Gasteiger partial charge in [-0.3, -0.25) is 25.2 Å². The molecule has 3 rings (SSSR count). The number of likely N-dealkylation sites (tertiary alicyclic amines) is 1. The van der Waals surface area contributed by atoms with Gasteiger partial charge < -0.3 is 14.5 Å². The van der Waals surface area contributed by atoms with Gasteiger partial charge in [0.1, 0.15) is 17.2 Å². The van der Waals surface area contributed by atoms with Crippen molar-refractivity contribution in [2.75, 3.05) is 18.0 Å². The average molecular weight is 538 g/mol. The molecule has 4 amide bonds. The summed E-state index contributed by atoms with van der Waals surface area (Å²) in [6.45, 7) is 4.92. The van der Waals surface area contributed by atoms with Crippen LogP contribution in [-0.4, -0.2) is 53.8 Å². The minimum Gasteiger partial charge on any atom is -0.444 e. The van der Waals surface area contributed by atoms with Crippen molar-refractivity contribution in [3.8, 4) is 0 Å². The zero-order valence-electron chi connectivity index (χ0n) is 20.8. The van der Waals surface area contributed by atoms with Gasteiger partial charge in [-0.25, -0.2) is 13.6 Å². The molecule has 0 aromatic heterocycles. The molecule has 0 spiro atoms. The van der Waals surface area contributed by atoms with Crippen molar-refractivity contribution >= 4 is 29.5 Å². The van der Waals surface area contributed by atoms with Crippen LogP contribution in [0.3, 0.4) is 0 Å². The number of hydrazine groups is 1. The maximum absolute atomic E-state index is 14.9. The molecule has 1 aliphatic heterocycles. The molecule has 38 heavy (non-hydrogen) atoms. The highest BCUT2D eigenvalue weighted by Crippen LogP contribution is 2.27. The van der Waals surface area contributed by atoms with E-state index in [1.165, 1.54) is 45.6 Å². The molecule has 0 unspecified atom stereocenters. The van der Waals surface area contributed by atoms with Crippen LogP contribution in [0.15, 0.2) is 42.5 Å². The number of amides is 4. The number of rotatable bonds is 6. The summed E-state index contributed by atoms with van der Waals surface area (Å²) < 4.78 is 58.7. The van der Waals surface area contributed by atoms with Gasteiger partial charge in [0.2, 0.25) is 5.91 Å². The van der Waals surface area contributed by atoms with E-state index >= 15 is 0 Å². The maximum Gasteiger partial charge on any atom is 0.410 e. The number of anilines is 1. The number of nitrogens with zero attached hydrogens (tertiary/aromatic N) is 2. The summed E-state index contributed by atoms with van der Waals surface area (Å²) >= 11 is 0. The second-order valence-corrected chi connectivity index (χ2v) is 9.54. The minimum atomic E-state index is -3.35. The van der Waals surface area contributed by atoms with Crippen LogP contribution in [0.2, 0.25) is 0 Å². The first-order valence-electron chi connectivity index (χ1n) is 11.5. The van der Waals surface area contributed by atoms with Crippen molar-refractivity contribution in [1.82, 2.24) is 15.8 Å². The summed E-state index contributed by atoms with van der Waals surface area (Å²) in [4.78, 5) is 51.0. The molecule has 0 saturated carbocycles. The van der Waals surface area contributed by atoms with E-state index in [1.54, 1.807) is 26.2 Å². The van der Waals surface area contributed by atoms with Gasteiger partial charge in [0.25, 0.3) is 5.91 Å². The average Bonchev–Trinajstić information content (AvgIpc) is 2.79. The molecule has 1 fully saturated rings. The fourth-order valence-corrected chi connectivity index (χ4v) is 3.50. The fourth-order valence-electron chi connectivity index (χ4n) is 3.50. The van der Waals surface area contributed by atoms with E-state index in [-0.39, 0.29) is 36.4 Å². The highest BCUT2D eigenvalue weighted by atomic mass is 19.3. The Morgan fingerprint density at radius 2 is 1.74 bits per heavy atom. The van der Waals surface area contributed by atoms with Gasteiger partial charge in [-0.05, 0) is 51.1 Å². The number of alkyl halides is 2. The molecule has 2 aromatic carbocycles. The third-order valence-electron chi connectivity index (χ3n) is 5.41. The van der Waals surface area contributed by atoms with Gasteiger partial charge in [0.15, 0.2) is 0 Å². The Morgan fingerprint density at radius 1 is 1.05 bits per heavy atom. The highest BCUT2D eigenvalue weighted by molar-refractivity contribution is 5.97. The number of halogens is 4. The number of carbonyl (C=O) groups is 4. The lowest BCUT2D eigenvalue weighted by atomic mass is 9.98. The van der Waals surface area contributed by atoms with Crippen molar-refractivity contribution in [3.63, 3.8) is 0 Å². The van der Waals surface area contributed by atoms with Gasteiger partial charge in [0, 0.05) is 29.9 Å². The van der Waals surface area contributed by atoms with Crippen molar-refractivity contribution in [2.45, 2.75) is 39.3 Å². The molecule has 204 valence electrons. The fraction of sp³-hybridized carbons (Fsp3) is 0.360. The van der Waals surface area contributed by atoms with Crippen LogP contribution in [0.1, 0.15) is 36.7 Å². The summed E-state index contributed by atoms with van der Waals surface area (Å²) in [6.07, 6.45) is -3.93. The Balaban J connectivity index is 1.75. The molecule has 2 N–H and O–H groups in total. The van der Waals surface area contributed by atoms with Crippen molar-refractivity contribution in [1.29, 1.82) is 0 Å². The summed E-state index contributed by atoms with van der Waals surface area (Å²) in [5.74, 6) is -5.43. The topological polar surface area (TPSA) is 108 Å². The molecule has 0 atom stereocenters. The van der Waals surface area contributed by atoms with E-state index in [0.717, 1.165) is 12.1 Å². The molecule has 1 heterocycles. The molecule has 9 nitrogen and oxygen atoms in total. The van der Waals surface area contributed by atoms with Gasteiger partial charge in [0.05, 0.1) is 12.5 Å². The lowest BCUT2D eigenvalue weighted by Gasteiger charge is -2.41. The van der Waals surface area contributed by atoms with E-state index in [9.17, 15) is 36.7 Å². The summed E-state index contributed by atoms with van der Waals surface area (Å²) in [5, 5.41) is 0. The van der Waals surface area contributed by atoms with Crippen molar-refractivity contribution in [3.05, 3.63) is 65.2 Å². The van der Waals surface area contributed by atoms with Crippen LogP contribution >= 0.6 is 0 Å². The van der Waals surface area contributed by atoms with Crippen LogP contribution in [0, 0.1) is 17.6 Å². The quantitative estimate of drug-likeness (QED) is 0.433. The molecule has 0 bridgehead atoms. The number of benzene rings is 2. The molecular formula is C25H26F4N4O5. The van der Waals surface area contributed by atoms with E-state index < -0.39 is 53.4 Å². The second-order valence-electron chi connectivity index (χ2n) is 9.54. The third kappa shape index (κ3) is 7.20. The molecule has 0 aliphatic carbocycles. The van der Waals surface area contributed by atoms with Crippen LogP contribution in [-0.2, 0) is 20.9 Å². The Bertz CT molecular complexity index is 1230. The van der Waals surface area contributed by atoms with Crippen molar-refractivity contribution < 1.29 is 41.5 Å². The standard InChI is InChI=1S/C25H26F4N4O5/c1-25(2,3)38-24(37)32-11-16(12-32)23(36)33(18-6-4-5-17(26)10-18)13-15-8-7-14(9-19(15)27)21(34)30-31-22(35)20(28)29/h4-10,16,20H,11-13H2,1-3H3,(H,30,34)(H,31,35). The first-order chi connectivity index (χ1) is 17.7. The SMILES string of the molecule is CC(C)(C)OC(=O)N1CC(C(=O)N(Cc2ccc(C(=O)NNC(=O)C(F)F)cc2F)c2cccc(F)c2)C1. The monoisotopic (exact) mass is 538 g/mol. The third-order valence-corrected chi connectivity index (χ3v) is 5.41. The molecule has 0 radical (unpaired) electrons. The van der Waals surface area contributed by atoms with E-state index in [0.29, 0.717) is 0 Å². The molecule has 2 aromatic rings. The zero-order chi connectivity index (χ0) is 28.2. The van der Waals surface area contributed by atoms with Gasteiger partial charge >= 0.3 is 18.4 Å². The largest absolute Gasteiger partial charge is 0.444 e. The molecule has 1 saturated heterocycles. The number of nitrogens with one attached hydrogen (secondary N) is 2. The molecule has 1 aliphatic rings. The van der Waals surface area contributed by atoms with Crippen LogP contribution in [0.5, 0.6) is 0 Å². The first kappa shape index (κ1) is 28.4. The number of hydrogen-bond acceptors (Lipinski definition) is 5. The smallest absolute Gasteiger partial charge is 0.410 e. The molecular weight excluding hydrogens is 512 g/mol. The Morgan fingerprint density at radius 3 is 2.32 bits per heavy atom. The summed E-state index contributed by atoms with van der Waals surface area (Å²) in [6, 6.07) is 8.32. The lowest BCUT2D eigenvalue weighted by Crippen LogP contribution is -2.57. The highest BCUT2D eigenvalue weighted by Gasteiger charge is 2.40. The summed E-state index contributed by atoms with van der Waals surface area (Å²) in [7, 11) is 0. The van der Waals surface area contributed by atoms with E-state index in [1.807, 2.05) is 0 Å². The van der Waals surface area contributed by atoms with Gasteiger partial charge in [-0.2, -0.15) is 8.78 Å². The van der Waals surface area contributed by atoms with Crippen LogP contribution in [0.25, 0.3) is 0 Å². The normalized spacial score (nSPS) is 13.5. The van der Waals surface area contributed by atoms with Crippen LogP contribution in [0.4, 0.5) is 28.0 Å². The number of ether oxygens (including phenoxy) is 1. The maximum atomic E-state index is 14.9. The van der Waals surface area contributed by atoms with Crippen molar-refractivity contribution in [2.24, 2.45) is 5.92 Å². The number of carbonyl (C=O) groups excluding carboxylic acids is 4. The molecule has 13 heteroatoms. The Hall–Kier alpha value is -4.16. The Labute approximate surface area is 215 Å². The minimum absolute atomic E-state index is 0.0286. The van der Waals surface area contributed by atoms with E-state index in [4.69, 9.17) is 4.74 Å². The van der Waals surface area contributed by atoms with Gasteiger partial charge in [-0.15, -0.1) is 0 Å². The zero-order valence-corrected chi connectivity index (χ0v) is 20.8. The number of hydrogen-bond donors (Lipinski definition) is 2. The predicted octanol–water partition coefficient (Wildman–Crippen LogP) is 3.39. The van der Waals surface area contributed by atoms with E-state index in [2.05, 4.69) is 0 Å². The Kier molecular flexibility index (Phi) is 8.59. The van der Waals surface area contributed by atoms with Crippen LogP contribution < -0.4 is 15.8 Å².